The highest BCUT2D eigenvalue weighted by molar-refractivity contribution is 5.93. The zero-order chi connectivity index (χ0) is 25.1. The van der Waals surface area contributed by atoms with E-state index in [1.165, 1.54) is 29.2 Å². The molecule has 1 saturated heterocycles. The van der Waals surface area contributed by atoms with E-state index in [-0.39, 0.29) is 18.2 Å². The molecule has 1 aliphatic rings. The quantitative estimate of drug-likeness (QED) is 0.259. The third-order valence-corrected chi connectivity index (χ3v) is 6.73. The highest BCUT2D eigenvalue weighted by atomic mass is 16.4. The van der Waals surface area contributed by atoms with E-state index in [1.54, 1.807) is 0 Å². The van der Waals surface area contributed by atoms with Crippen LogP contribution in [0.1, 0.15) is 28.3 Å². The Morgan fingerprint density at radius 2 is 1.22 bits per heavy atom. The molecule has 0 bridgehead atoms. The maximum absolute atomic E-state index is 13.5. The number of rotatable bonds is 8. The van der Waals surface area contributed by atoms with E-state index in [9.17, 15) is 19.8 Å². The molecule has 1 fully saturated rings. The van der Waals surface area contributed by atoms with E-state index < -0.39 is 23.6 Å². The number of nitrogens with one attached hydrogen (secondary N) is 1. The molecule has 0 saturated carbocycles. The SMILES string of the molecule is O=C(O)C(c1ccc(O)cc1)N1CC(NC(c2ccccc2)(c2ccccc2)c2ccccc2)C1=O. The van der Waals surface area contributed by atoms with Crippen molar-refractivity contribution >= 4 is 11.9 Å². The van der Waals surface area contributed by atoms with Crippen LogP contribution in [0.2, 0.25) is 0 Å². The van der Waals surface area contributed by atoms with Crippen molar-refractivity contribution in [2.75, 3.05) is 6.54 Å². The molecule has 5 rings (SSSR count). The molecule has 0 aliphatic carbocycles. The number of carbonyl (C=O) groups excluding carboxylic acids is 1. The Hall–Kier alpha value is -4.42. The summed E-state index contributed by atoms with van der Waals surface area (Å²) in [5, 5.41) is 23.1. The minimum atomic E-state index is -1.13. The summed E-state index contributed by atoms with van der Waals surface area (Å²) in [4.78, 5) is 27.0. The van der Waals surface area contributed by atoms with E-state index in [0.717, 1.165) is 16.7 Å². The van der Waals surface area contributed by atoms with Gasteiger partial charge in [0.15, 0.2) is 6.04 Å². The van der Waals surface area contributed by atoms with E-state index in [0.29, 0.717) is 5.56 Å². The van der Waals surface area contributed by atoms with Crippen molar-refractivity contribution in [3.8, 4) is 5.75 Å². The molecule has 6 heteroatoms. The number of hydrogen-bond acceptors (Lipinski definition) is 4. The summed E-state index contributed by atoms with van der Waals surface area (Å²) in [6.45, 7) is 0.227. The van der Waals surface area contributed by atoms with Gasteiger partial charge >= 0.3 is 5.97 Å². The number of hydrogen-bond donors (Lipinski definition) is 3. The van der Waals surface area contributed by atoms with Gasteiger partial charge in [-0.25, -0.2) is 4.79 Å². The molecule has 6 nitrogen and oxygen atoms in total. The second-order valence-corrected chi connectivity index (χ2v) is 8.87. The fraction of sp³-hybridized carbons (Fsp3) is 0.133. The van der Waals surface area contributed by atoms with Gasteiger partial charge < -0.3 is 15.1 Å². The summed E-state index contributed by atoms with van der Waals surface area (Å²) in [7, 11) is 0. The fourth-order valence-corrected chi connectivity index (χ4v) is 4.98. The number of β-lactam (4-membered cyclic amide) rings is 1. The predicted molar refractivity (Wildman–Crippen MR) is 136 cm³/mol. The van der Waals surface area contributed by atoms with Gasteiger partial charge in [0, 0.05) is 6.54 Å². The number of carbonyl (C=O) groups is 2. The summed E-state index contributed by atoms with van der Waals surface area (Å²) in [6, 6.07) is 34.1. The fourth-order valence-electron chi connectivity index (χ4n) is 4.98. The smallest absolute Gasteiger partial charge is 0.331 e. The Morgan fingerprint density at radius 1 is 0.778 bits per heavy atom. The van der Waals surface area contributed by atoms with E-state index in [4.69, 9.17) is 0 Å². The zero-order valence-corrected chi connectivity index (χ0v) is 19.5. The minimum Gasteiger partial charge on any atom is -0.508 e. The van der Waals surface area contributed by atoms with Crippen molar-refractivity contribution in [2.45, 2.75) is 17.6 Å². The molecule has 4 aromatic carbocycles. The molecule has 0 aromatic heterocycles. The monoisotopic (exact) mass is 478 g/mol. The summed E-state index contributed by atoms with van der Waals surface area (Å²) in [5.41, 5.74) is 2.53. The number of likely N-dealkylation sites (tertiary alicyclic amines) is 1. The summed E-state index contributed by atoms with van der Waals surface area (Å²) in [5.74, 6) is -1.37. The number of nitrogens with zero attached hydrogens (tertiary/aromatic N) is 1. The molecule has 3 N–H and O–H groups in total. The van der Waals surface area contributed by atoms with Gasteiger partial charge in [0.25, 0.3) is 0 Å². The molecule has 36 heavy (non-hydrogen) atoms. The minimum absolute atomic E-state index is 0.0377. The van der Waals surface area contributed by atoms with Gasteiger partial charge in [-0.2, -0.15) is 0 Å². The maximum Gasteiger partial charge on any atom is 0.331 e. The molecule has 2 unspecified atom stereocenters. The van der Waals surface area contributed by atoms with E-state index in [2.05, 4.69) is 5.32 Å². The van der Waals surface area contributed by atoms with Crippen LogP contribution in [0.15, 0.2) is 115 Å². The average molecular weight is 479 g/mol. The lowest BCUT2D eigenvalue weighted by Gasteiger charge is -2.47. The second-order valence-electron chi connectivity index (χ2n) is 8.87. The summed E-state index contributed by atoms with van der Waals surface area (Å²) < 4.78 is 0. The molecule has 1 aliphatic heterocycles. The zero-order valence-electron chi connectivity index (χ0n) is 19.5. The van der Waals surface area contributed by atoms with E-state index >= 15 is 0 Å². The van der Waals surface area contributed by atoms with Crippen molar-refractivity contribution in [2.24, 2.45) is 0 Å². The van der Waals surface area contributed by atoms with Gasteiger partial charge in [0.1, 0.15) is 11.8 Å². The number of carboxylic acids is 1. The van der Waals surface area contributed by atoms with Crippen molar-refractivity contribution in [3.63, 3.8) is 0 Å². The van der Waals surface area contributed by atoms with Crippen LogP contribution in [0.3, 0.4) is 0 Å². The molecule has 2 atom stereocenters. The van der Waals surface area contributed by atoms with Gasteiger partial charge in [-0.1, -0.05) is 103 Å². The maximum atomic E-state index is 13.5. The number of carboxylic acid groups (broad SMARTS) is 1. The highest BCUT2D eigenvalue weighted by Crippen LogP contribution is 2.39. The first-order valence-electron chi connectivity index (χ1n) is 11.8. The Morgan fingerprint density at radius 3 is 1.61 bits per heavy atom. The molecular formula is C30H26N2O4. The van der Waals surface area contributed by atoms with Crippen LogP contribution in [-0.4, -0.2) is 39.6 Å². The van der Waals surface area contributed by atoms with Crippen molar-refractivity contribution in [1.82, 2.24) is 10.2 Å². The van der Waals surface area contributed by atoms with E-state index in [1.807, 2.05) is 91.0 Å². The normalized spacial score (nSPS) is 16.3. The molecule has 1 amide bonds. The lowest BCUT2D eigenvalue weighted by molar-refractivity contribution is -0.160. The first-order valence-corrected chi connectivity index (χ1v) is 11.8. The Balaban J connectivity index is 1.54. The van der Waals surface area contributed by atoms with Gasteiger partial charge in [-0.05, 0) is 34.4 Å². The summed E-state index contributed by atoms with van der Waals surface area (Å²) >= 11 is 0. The standard InChI is InChI=1S/C30H26N2O4/c33-25-18-16-21(17-19-25)27(29(35)36)32-20-26(28(32)34)31-30(22-10-4-1-5-11-22,23-12-6-2-7-13-23)24-14-8-3-9-15-24/h1-19,26-27,31,33H,20H2,(H,35,36). The van der Waals surface area contributed by atoms with Gasteiger partial charge in [-0.3, -0.25) is 10.1 Å². The topological polar surface area (TPSA) is 89.9 Å². The lowest BCUT2D eigenvalue weighted by atomic mass is 9.76. The third-order valence-electron chi connectivity index (χ3n) is 6.73. The molecule has 0 radical (unpaired) electrons. The summed E-state index contributed by atoms with van der Waals surface area (Å²) in [6.07, 6.45) is 0. The van der Waals surface area contributed by atoms with Crippen molar-refractivity contribution < 1.29 is 19.8 Å². The first-order chi connectivity index (χ1) is 17.5. The Bertz CT molecular complexity index is 1250. The van der Waals surface area contributed by atoms with Gasteiger partial charge in [0.2, 0.25) is 5.91 Å². The Labute approximate surface area is 209 Å². The largest absolute Gasteiger partial charge is 0.508 e. The van der Waals surface area contributed by atoms with Crippen LogP contribution in [0, 0.1) is 0 Å². The average Bonchev–Trinajstić information content (AvgIpc) is 2.92. The van der Waals surface area contributed by atoms with Crippen molar-refractivity contribution in [3.05, 3.63) is 138 Å². The number of amides is 1. The van der Waals surface area contributed by atoms with Crippen LogP contribution < -0.4 is 5.32 Å². The Kier molecular flexibility index (Phi) is 6.27. The van der Waals surface area contributed by atoms with Gasteiger partial charge in [0.05, 0.1) is 5.54 Å². The van der Waals surface area contributed by atoms with Crippen LogP contribution in [0.4, 0.5) is 0 Å². The number of aliphatic carboxylic acids is 1. The van der Waals surface area contributed by atoms with Crippen LogP contribution >= 0.6 is 0 Å². The molecular weight excluding hydrogens is 452 g/mol. The van der Waals surface area contributed by atoms with Crippen LogP contribution in [0.25, 0.3) is 0 Å². The molecule has 0 spiro atoms. The highest BCUT2D eigenvalue weighted by Gasteiger charge is 2.49. The number of benzene rings is 4. The second kappa shape index (κ2) is 9.68. The predicted octanol–water partition coefficient (Wildman–Crippen LogP) is 4.31. The number of aromatic hydroxyl groups is 1. The lowest BCUT2D eigenvalue weighted by Crippen LogP contribution is -2.68. The molecule has 180 valence electrons. The number of phenols is 1. The third kappa shape index (κ3) is 4.12. The van der Waals surface area contributed by atoms with Crippen LogP contribution in [-0.2, 0) is 15.1 Å². The molecule has 1 heterocycles. The van der Waals surface area contributed by atoms with Gasteiger partial charge in [-0.15, -0.1) is 0 Å². The number of phenolic OH excluding ortho intramolecular Hbond substituents is 1. The van der Waals surface area contributed by atoms with Crippen LogP contribution in [0.5, 0.6) is 5.75 Å². The van der Waals surface area contributed by atoms with Crippen molar-refractivity contribution in [1.29, 1.82) is 0 Å². The molecule has 4 aromatic rings. The first kappa shape index (κ1) is 23.3.